The van der Waals surface area contributed by atoms with Gasteiger partial charge < -0.3 is 15.4 Å². The minimum atomic E-state index is -0.0766. The summed E-state index contributed by atoms with van der Waals surface area (Å²) in [6, 6.07) is 12.8. The smallest absolute Gasteiger partial charge is 0.238 e. The predicted octanol–water partition coefficient (Wildman–Crippen LogP) is 3.95. The largest absolute Gasteiger partial charge is 0.495 e. The van der Waals surface area contributed by atoms with E-state index in [-0.39, 0.29) is 17.7 Å². The monoisotopic (exact) mass is 415 g/mol. The SMILES string of the molecule is COc1ccccc1NC(=O)C1CCN(CC(=O)Nc2cccc(Cl)c2C)CC1. The molecule has 0 bridgehead atoms. The molecule has 7 heteroatoms. The van der Waals surface area contributed by atoms with Gasteiger partial charge in [0.05, 0.1) is 19.3 Å². The fourth-order valence-corrected chi connectivity index (χ4v) is 3.65. The number of hydrogen-bond donors (Lipinski definition) is 2. The Kier molecular flexibility index (Phi) is 7.12. The van der Waals surface area contributed by atoms with Crippen LogP contribution in [0.2, 0.25) is 5.02 Å². The van der Waals surface area contributed by atoms with Crippen molar-refractivity contribution < 1.29 is 14.3 Å². The lowest BCUT2D eigenvalue weighted by Crippen LogP contribution is -2.41. The van der Waals surface area contributed by atoms with E-state index in [1.165, 1.54) is 0 Å². The van der Waals surface area contributed by atoms with E-state index < -0.39 is 0 Å². The molecule has 0 spiro atoms. The van der Waals surface area contributed by atoms with E-state index in [9.17, 15) is 9.59 Å². The van der Waals surface area contributed by atoms with Crippen LogP contribution >= 0.6 is 11.6 Å². The van der Waals surface area contributed by atoms with Crippen LogP contribution in [0.3, 0.4) is 0 Å². The molecule has 2 aromatic carbocycles. The third kappa shape index (κ3) is 5.49. The van der Waals surface area contributed by atoms with Gasteiger partial charge in [0.15, 0.2) is 0 Å². The third-order valence-electron chi connectivity index (χ3n) is 5.23. The summed E-state index contributed by atoms with van der Waals surface area (Å²) in [5.74, 6) is 0.487. The van der Waals surface area contributed by atoms with E-state index in [1.807, 2.05) is 43.3 Å². The zero-order chi connectivity index (χ0) is 20.8. The van der Waals surface area contributed by atoms with Gasteiger partial charge in [0, 0.05) is 16.6 Å². The van der Waals surface area contributed by atoms with Crippen molar-refractivity contribution in [3.05, 3.63) is 53.1 Å². The number of piperidine rings is 1. The highest BCUT2D eigenvalue weighted by molar-refractivity contribution is 6.31. The summed E-state index contributed by atoms with van der Waals surface area (Å²) in [4.78, 5) is 27.1. The molecule has 1 heterocycles. The summed E-state index contributed by atoms with van der Waals surface area (Å²) in [7, 11) is 1.58. The molecule has 0 atom stereocenters. The first-order chi connectivity index (χ1) is 14.0. The Morgan fingerprint density at radius 3 is 2.48 bits per heavy atom. The first-order valence-corrected chi connectivity index (χ1v) is 10.1. The van der Waals surface area contributed by atoms with Crippen molar-refractivity contribution in [2.75, 3.05) is 37.4 Å². The quantitative estimate of drug-likeness (QED) is 0.749. The maximum atomic E-state index is 12.6. The summed E-state index contributed by atoms with van der Waals surface area (Å²) in [5.41, 5.74) is 2.27. The molecule has 1 saturated heterocycles. The van der Waals surface area contributed by atoms with Gasteiger partial charge in [-0.2, -0.15) is 0 Å². The molecule has 0 aliphatic carbocycles. The zero-order valence-electron chi connectivity index (χ0n) is 16.7. The number of carbonyl (C=O) groups excluding carboxylic acids is 2. The van der Waals surface area contributed by atoms with Gasteiger partial charge in [-0.15, -0.1) is 0 Å². The van der Waals surface area contributed by atoms with E-state index in [1.54, 1.807) is 13.2 Å². The van der Waals surface area contributed by atoms with Crippen LogP contribution in [0.1, 0.15) is 18.4 Å². The molecule has 0 aromatic heterocycles. The van der Waals surface area contributed by atoms with Crippen molar-refractivity contribution in [1.29, 1.82) is 0 Å². The summed E-state index contributed by atoms with van der Waals surface area (Å²) in [6.07, 6.45) is 1.43. The number of anilines is 2. The second-order valence-electron chi connectivity index (χ2n) is 7.20. The molecule has 0 saturated carbocycles. The second-order valence-corrected chi connectivity index (χ2v) is 7.61. The number of halogens is 1. The number of amides is 2. The topological polar surface area (TPSA) is 70.7 Å². The molecular formula is C22H26ClN3O3. The molecule has 1 aliphatic heterocycles. The Labute approximate surface area is 176 Å². The molecular weight excluding hydrogens is 390 g/mol. The van der Waals surface area contributed by atoms with E-state index in [2.05, 4.69) is 15.5 Å². The molecule has 1 fully saturated rings. The van der Waals surface area contributed by atoms with Gasteiger partial charge in [-0.25, -0.2) is 0 Å². The molecule has 2 aromatic rings. The van der Waals surface area contributed by atoms with E-state index in [0.29, 0.717) is 48.9 Å². The number of hydrogen-bond acceptors (Lipinski definition) is 4. The minimum absolute atomic E-state index is 0.00634. The Morgan fingerprint density at radius 2 is 1.76 bits per heavy atom. The lowest BCUT2D eigenvalue weighted by molar-refractivity contribution is -0.121. The van der Waals surface area contributed by atoms with Crippen LogP contribution in [0.5, 0.6) is 5.75 Å². The normalized spacial score (nSPS) is 15.0. The van der Waals surface area contributed by atoms with E-state index in [4.69, 9.17) is 16.3 Å². The number of benzene rings is 2. The van der Waals surface area contributed by atoms with Gasteiger partial charge in [0.25, 0.3) is 0 Å². The molecule has 6 nitrogen and oxygen atoms in total. The van der Waals surface area contributed by atoms with Crippen LogP contribution in [-0.2, 0) is 9.59 Å². The third-order valence-corrected chi connectivity index (χ3v) is 5.64. The van der Waals surface area contributed by atoms with Crippen LogP contribution in [0, 0.1) is 12.8 Å². The maximum absolute atomic E-state index is 12.6. The van der Waals surface area contributed by atoms with Crippen LogP contribution in [0.4, 0.5) is 11.4 Å². The highest BCUT2D eigenvalue weighted by Gasteiger charge is 2.26. The van der Waals surface area contributed by atoms with Gasteiger partial charge in [-0.1, -0.05) is 29.8 Å². The number of nitrogens with one attached hydrogen (secondary N) is 2. The van der Waals surface area contributed by atoms with Gasteiger partial charge in [0.1, 0.15) is 5.75 Å². The van der Waals surface area contributed by atoms with Gasteiger partial charge in [0.2, 0.25) is 11.8 Å². The highest BCUT2D eigenvalue weighted by atomic mass is 35.5. The molecule has 2 N–H and O–H groups in total. The Bertz CT molecular complexity index is 879. The summed E-state index contributed by atoms with van der Waals surface area (Å²) < 4.78 is 5.28. The fourth-order valence-electron chi connectivity index (χ4n) is 3.47. The van der Waals surface area contributed by atoms with Crippen molar-refractivity contribution in [3.63, 3.8) is 0 Å². The number of ether oxygens (including phenoxy) is 1. The number of likely N-dealkylation sites (tertiary alicyclic amines) is 1. The molecule has 0 radical (unpaired) electrons. The molecule has 2 amide bonds. The average molecular weight is 416 g/mol. The second kappa shape index (κ2) is 9.76. The molecule has 154 valence electrons. The molecule has 3 rings (SSSR count). The van der Waals surface area contributed by atoms with Crippen LogP contribution < -0.4 is 15.4 Å². The predicted molar refractivity (Wildman–Crippen MR) is 116 cm³/mol. The average Bonchev–Trinajstić information content (AvgIpc) is 2.72. The van der Waals surface area contributed by atoms with Gasteiger partial charge in [-0.3, -0.25) is 14.5 Å². The highest BCUT2D eigenvalue weighted by Crippen LogP contribution is 2.26. The Balaban J connectivity index is 1.48. The summed E-state index contributed by atoms with van der Waals surface area (Å²) in [5, 5.41) is 6.51. The maximum Gasteiger partial charge on any atom is 0.238 e. The number of para-hydroxylation sites is 2. The standard InChI is InChI=1S/C22H26ClN3O3/c1-15-17(23)6-5-8-18(15)24-21(27)14-26-12-10-16(11-13-26)22(28)25-19-7-3-4-9-20(19)29-2/h3-9,16H,10-14H2,1-2H3,(H,24,27)(H,25,28). The number of rotatable bonds is 6. The number of nitrogens with zero attached hydrogens (tertiary/aromatic N) is 1. The number of carbonyl (C=O) groups is 2. The molecule has 29 heavy (non-hydrogen) atoms. The Hall–Kier alpha value is -2.57. The first-order valence-electron chi connectivity index (χ1n) is 9.69. The first kappa shape index (κ1) is 21.1. The zero-order valence-corrected chi connectivity index (χ0v) is 17.5. The van der Waals surface area contributed by atoms with Crippen molar-refractivity contribution in [2.24, 2.45) is 5.92 Å². The van der Waals surface area contributed by atoms with Crippen molar-refractivity contribution in [3.8, 4) is 5.75 Å². The lowest BCUT2D eigenvalue weighted by Gasteiger charge is -2.30. The van der Waals surface area contributed by atoms with E-state index in [0.717, 1.165) is 11.3 Å². The van der Waals surface area contributed by atoms with Crippen molar-refractivity contribution >= 4 is 34.8 Å². The fraction of sp³-hybridized carbons (Fsp3) is 0.364. The Morgan fingerprint density at radius 1 is 1.07 bits per heavy atom. The van der Waals surface area contributed by atoms with Crippen LogP contribution in [-0.4, -0.2) is 43.5 Å². The molecule has 0 unspecified atom stereocenters. The summed E-state index contributed by atoms with van der Waals surface area (Å²) >= 11 is 6.10. The van der Waals surface area contributed by atoms with Gasteiger partial charge >= 0.3 is 0 Å². The van der Waals surface area contributed by atoms with Gasteiger partial charge in [-0.05, 0) is 62.7 Å². The minimum Gasteiger partial charge on any atom is -0.495 e. The van der Waals surface area contributed by atoms with Crippen molar-refractivity contribution in [2.45, 2.75) is 19.8 Å². The number of methoxy groups -OCH3 is 1. The van der Waals surface area contributed by atoms with Crippen LogP contribution in [0.25, 0.3) is 0 Å². The van der Waals surface area contributed by atoms with Crippen molar-refractivity contribution in [1.82, 2.24) is 4.90 Å². The summed E-state index contributed by atoms with van der Waals surface area (Å²) in [6.45, 7) is 3.58. The molecule has 1 aliphatic rings. The van der Waals surface area contributed by atoms with E-state index >= 15 is 0 Å². The van der Waals surface area contributed by atoms with Crippen LogP contribution in [0.15, 0.2) is 42.5 Å². The lowest BCUT2D eigenvalue weighted by atomic mass is 9.95.